The number of hydrazine groups is 1. The summed E-state index contributed by atoms with van der Waals surface area (Å²) in [5, 5.41) is 0. The van der Waals surface area contributed by atoms with Gasteiger partial charge in [-0.15, -0.1) is 0 Å². The normalized spacial score (nSPS) is 11.1. The zero-order valence-electron chi connectivity index (χ0n) is 10.8. The highest BCUT2D eigenvalue weighted by Gasteiger charge is 2.26. The lowest BCUT2D eigenvalue weighted by Crippen LogP contribution is -2.44. The number of amides is 1. The van der Waals surface area contributed by atoms with Crippen LogP contribution in [0.3, 0.4) is 0 Å². The Morgan fingerprint density at radius 1 is 1.59 bits per heavy atom. The molecule has 5 nitrogen and oxygen atoms in total. The molecule has 0 aliphatic carbocycles. The van der Waals surface area contributed by atoms with Gasteiger partial charge in [0.05, 0.1) is 0 Å². The molecule has 1 aromatic heterocycles. The van der Waals surface area contributed by atoms with Crippen LogP contribution in [0.2, 0.25) is 0 Å². The molecule has 0 atom stereocenters. The first-order valence-electron chi connectivity index (χ1n) is 5.63. The summed E-state index contributed by atoms with van der Waals surface area (Å²) in [5.74, 6) is 5.72. The van der Waals surface area contributed by atoms with Gasteiger partial charge in [-0.1, -0.05) is 6.92 Å². The molecule has 17 heavy (non-hydrogen) atoms. The van der Waals surface area contributed by atoms with E-state index in [1.54, 1.807) is 23.2 Å². The van der Waals surface area contributed by atoms with Crippen molar-refractivity contribution in [2.45, 2.75) is 32.7 Å². The molecule has 0 spiro atoms. The van der Waals surface area contributed by atoms with Crippen LogP contribution in [0, 0.1) is 0 Å². The van der Waals surface area contributed by atoms with E-state index in [4.69, 9.17) is 5.84 Å². The Morgan fingerprint density at radius 2 is 2.24 bits per heavy atom. The molecule has 1 amide bonds. The number of carbonyl (C=O) groups excluding carboxylic acids is 1. The smallest absolute Gasteiger partial charge is 0.254 e. The minimum absolute atomic E-state index is 0.0317. The Hall–Kier alpha value is -1.62. The van der Waals surface area contributed by atoms with Crippen molar-refractivity contribution in [2.24, 2.45) is 5.84 Å². The standard InChI is InChI=1S/C12H20N4O/c1-5-12(2,3)16(4)11(17)9-6-7-14-10(8-9)15-13/h6-8H,5,13H2,1-4H3,(H,14,15). The molecule has 0 aromatic carbocycles. The molecule has 1 rings (SSSR count). The first-order valence-corrected chi connectivity index (χ1v) is 5.63. The molecule has 3 N–H and O–H groups in total. The molecule has 94 valence electrons. The Morgan fingerprint density at radius 3 is 2.76 bits per heavy atom. The number of carbonyl (C=O) groups is 1. The van der Waals surface area contributed by atoms with Crippen molar-refractivity contribution in [2.75, 3.05) is 12.5 Å². The third-order valence-electron chi connectivity index (χ3n) is 3.23. The predicted octanol–water partition coefficient (Wildman–Crippen LogP) is 1.63. The summed E-state index contributed by atoms with van der Waals surface area (Å²) >= 11 is 0. The Bertz CT molecular complexity index is 403. The minimum atomic E-state index is -0.170. The highest BCUT2D eigenvalue weighted by molar-refractivity contribution is 5.95. The van der Waals surface area contributed by atoms with Crippen molar-refractivity contribution in [1.29, 1.82) is 0 Å². The lowest BCUT2D eigenvalue weighted by molar-refractivity contribution is 0.0620. The number of aromatic nitrogens is 1. The van der Waals surface area contributed by atoms with Crippen molar-refractivity contribution in [1.82, 2.24) is 9.88 Å². The number of nitrogens with one attached hydrogen (secondary N) is 1. The van der Waals surface area contributed by atoms with E-state index < -0.39 is 0 Å². The van der Waals surface area contributed by atoms with Crippen molar-refractivity contribution in [3.63, 3.8) is 0 Å². The van der Waals surface area contributed by atoms with Gasteiger partial charge in [-0.05, 0) is 32.4 Å². The highest BCUT2D eigenvalue weighted by atomic mass is 16.2. The van der Waals surface area contributed by atoms with E-state index in [9.17, 15) is 4.79 Å². The van der Waals surface area contributed by atoms with Crippen LogP contribution < -0.4 is 11.3 Å². The maximum Gasteiger partial charge on any atom is 0.254 e. The zero-order valence-corrected chi connectivity index (χ0v) is 10.8. The fourth-order valence-electron chi connectivity index (χ4n) is 1.35. The van der Waals surface area contributed by atoms with Crippen LogP contribution >= 0.6 is 0 Å². The van der Waals surface area contributed by atoms with Crippen molar-refractivity contribution >= 4 is 11.7 Å². The van der Waals surface area contributed by atoms with Gasteiger partial charge in [0.1, 0.15) is 5.82 Å². The minimum Gasteiger partial charge on any atom is -0.337 e. The van der Waals surface area contributed by atoms with Crippen molar-refractivity contribution in [3.8, 4) is 0 Å². The lowest BCUT2D eigenvalue weighted by atomic mass is 9.99. The maximum absolute atomic E-state index is 12.2. The number of pyridine rings is 1. The van der Waals surface area contributed by atoms with Gasteiger partial charge < -0.3 is 10.3 Å². The van der Waals surface area contributed by atoms with Gasteiger partial charge in [0, 0.05) is 24.3 Å². The van der Waals surface area contributed by atoms with E-state index in [0.717, 1.165) is 6.42 Å². The fourth-order valence-corrected chi connectivity index (χ4v) is 1.35. The number of nitrogens with zero attached hydrogens (tertiary/aromatic N) is 2. The van der Waals surface area contributed by atoms with E-state index in [1.807, 2.05) is 20.9 Å². The van der Waals surface area contributed by atoms with Crippen LogP contribution in [-0.4, -0.2) is 28.4 Å². The van der Waals surface area contributed by atoms with Gasteiger partial charge in [-0.25, -0.2) is 10.8 Å². The summed E-state index contributed by atoms with van der Waals surface area (Å²) in [6.07, 6.45) is 2.46. The topological polar surface area (TPSA) is 71.2 Å². The van der Waals surface area contributed by atoms with Crippen LogP contribution in [0.15, 0.2) is 18.3 Å². The maximum atomic E-state index is 12.2. The van der Waals surface area contributed by atoms with Crippen LogP contribution in [0.25, 0.3) is 0 Å². The van der Waals surface area contributed by atoms with Crippen molar-refractivity contribution < 1.29 is 4.79 Å². The summed E-state index contributed by atoms with van der Waals surface area (Å²) in [4.78, 5) is 18.0. The number of hydrogen-bond donors (Lipinski definition) is 2. The fraction of sp³-hybridized carbons (Fsp3) is 0.500. The Kier molecular flexibility index (Phi) is 4.07. The summed E-state index contributed by atoms with van der Waals surface area (Å²) in [6, 6.07) is 3.33. The van der Waals surface area contributed by atoms with E-state index in [-0.39, 0.29) is 11.4 Å². The number of hydrogen-bond acceptors (Lipinski definition) is 4. The first kappa shape index (κ1) is 13.4. The predicted molar refractivity (Wildman–Crippen MR) is 68.5 cm³/mol. The molecule has 1 aromatic rings. The quantitative estimate of drug-likeness (QED) is 0.615. The van der Waals surface area contributed by atoms with Gasteiger partial charge >= 0.3 is 0 Å². The molecule has 0 aliphatic rings. The van der Waals surface area contributed by atoms with Gasteiger partial charge in [-0.2, -0.15) is 0 Å². The molecule has 0 saturated heterocycles. The van der Waals surface area contributed by atoms with Gasteiger partial charge in [-0.3, -0.25) is 4.79 Å². The molecular weight excluding hydrogens is 216 g/mol. The number of rotatable bonds is 4. The van der Waals surface area contributed by atoms with Crippen LogP contribution in [0.5, 0.6) is 0 Å². The molecule has 0 unspecified atom stereocenters. The molecule has 0 saturated carbocycles. The van der Waals surface area contributed by atoms with E-state index in [2.05, 4.69) is 17.3 Å². The van der Waals surface area contributed by atoms with E-state index in [0.29, 0.717) is 11.4 Å². The second kappa shape index (κ2) is 5.14. The van der Waals surface area contributed by atoms with Gasteiger partial charge in [0.15, 0.2) is 0 Å². The van der Waals surface area contributed by atoms with Crippen LogP contribution in [0.4, 0.5) is 5.82 Å². The second-order valence-corrected chi connectivity index (χ2v) is 4.60. The Balaban J connectivity index is 2.96. The SMILES string of the molecule is CCC(C)(C)N(C)C(=O)c1ccnc(NN)c1. The third-order valence-corrected chi connectivity index (χ3v) is 3.23. The number of anilines is 1. The third kappa shape index (κ3) is 2.94. The molecule has 0 radical (unpaired) electrons. The van der Waals surface area contributed by atoms with Gasteiger partial charge in [0.25, 0.3) is 5.91 Å². The van der Waals surface area contributed by atoms with E-state index >= 15 is 0 Å². The number of nitrogens with two attached hydrogens (primary N) is 1. The lowest BCUT2D eigenvalue weighted by Gasteiger charge is -2.34. The van der Waals surface area contributed by atoms with Crippen LogP contribution in [0.1, 0.15) is 37.6 Å². The summed E-state index contributed by atoms with van der Waals surface area (Å²) in [7, 11) is 1.81. The molecule has 0 fully saturated rings. The summed E-state index contributed by atoms with van der Waals surface area (Å²) in [6.45, 7) is 6.13. The monoisotopic (exact) mass is 236 g/mol. The molecule has 0 bridgehead atoms. The Labute approximate surface area is 102 Å². The molecular formula is C12H20N4O. The molecule has 5 heteroatoms. The summed E-state index contributed by atoms with van der Waals surface area (Å²) in [5.41, 5.74) is 2.84. The summed E-state index contributed by atoms with van der Waals surface area (Å²) < 4.78 is 0. The largest absolute Gasteiger partial charge is 0.337 e. The molecule has 1 heterocycles. The van der Waals surface area contributed by atoms with Gasteiger partial charge in [0.2, 0.25) is 0 Å². The van der Waals surface area contributed by atoms with Crippen molar-refractivity contribution in [3.05, 3.63) is 23.9 Å². The second-order valence-electron chi connectivity index (χ2n) is 4.60. The average Bonchev–Trinajstić information content (AvgIpc) is 2.37. The average molecular weight is 236 g/mol. The highest BCUT2D eigenvalue weighted by Crippen LogP contribution is 2.19. The van der Waals surface area contributed by atoms with E-state index in [1.165, 1.54) is 0 Å². The number of nitrogen functional groups attached to an aromatic ring is 1. The first-order chi connectivity index (χ1) is 7.92. The zero-order chi connectivity index (χ0) is 13.1. The van der Waals surface area contributed by atoms with Crippen LogP contribution in [-0.2, 0) is 0 Å². The molecule has 0 aliphatic heterocycles.